The summed E-state index contributed by atoms with van der Waals surface area (Å²) in [5.41, 5.74) is 5.71. The van der Waals surface area contributed by atoms with Crippen molar-refractivity contribution in [3.63, 3.8) is 0 Å². The van der Waals surface area contributed by atoms with Crippen molar-refractivity contribution in [2.45, 2.75) is 39.5 Å². The summed E-state index contributed by atoms with van der Waals surface area (Å²) in [5.74, 6) is 2.05. The number of rotatable bonds is 4. The topological polar surface area (TPSA) is 72.1 Å². The Labute approximate surface area is 163 Å². The molecule has 7 nitrogen and oxygen atoms in total. The first kappa shape index (κ1) is 17.0. The van der Waals surface area contributed by atoms with Gasteiger partial charge in [-0.3, -0.25) is 14.4 Å². The zero-order valence-corrected chi connectivity index (χ0v) is 16.3. The Hall–Kier alpha value is -3.09. The molecule has 4 aromatic heterocycles. The molecule has 7 heteroatoms. The maximum atomic E-state index is 4.95. The predicted octanol–water partition coefficient (Wildman–Crippen LogP) is 3.07. The number of pyridine rings is 1. The first-order valence-electron chi connectivity index (χ1n) is 9.86. The molecule has 0 aromatic carbocycles. The van der Waals surface area contributed by atoms with Crippen LogP contribution in [0.25, 0.3) is 16.7 Å². The van der Waals surface area contributed by atoms with Crippen molar-refractivity contribution in [3.8, 4) is 0 Å². The maximum Gasteiger partial charge on any atom is 0.160 e. The molecule has 1 aliphatic rings. The van der Waals surface area contributed by atoms with E-state index in [-0.39, 0.29) is 0 Å². The second kappa shape index (κ2) is 6.82. The molecule has 4 aromatic rings. The van der Waals surface area contributed by atoms with Crippen LogP contribution in [0.3, 0.4) is 0 Å². The van der Waals surface area contributed by atoms with E-state index in [2.05, 4.69) is 24.3 Å². The van der Waals surface area contributed by atoms with Gasteiger partial charge in [-0.05, 0) is 38.8 Å². The molecule has 0 amide bonds. The van der Waals surface area contributed by atoms with Gasteiger partial charge in [0.05, 0.1) is 22.6 Å². The van der Waals surface area contributed by atoms with Crippen LogP contribution in [-0.4, -0.2) is 42.4 Å². The van der Waals surface area contributed by atoms with E-state index in [1.165, 1.54) is 18.7 Å². The van der Waals surface area contributed by atoms with Gasteiger partial charge < -0.3 is 4.90 Å². The van der Waals surface area contributed by atoms with Crippen LogP contribution in [0.5, 0.6) is 0 Å². The number of nitrogens with zero attached hydrogens (tertiary/aromatic N) is 7. The number of anilines is 1. The molecule has 142 valence electrons. The van der Waals surface area contributed by atoms with Crippen LogP contribution in [0.2, 0.25) is 0 Å². The van der Waals surface area contributed by atoms with Crippen molar-refractivity contribution in [2.75, 3.05) is 18.0 Å². The highest BCUT2D eigenvalue weighted by molar-refractivity contribution is 5.75. The molecule has 5 rings (SSSR count). The third-order valence-corrected chi connectivity index (χ3v) is 5.43. The lowest BCUT2D eigenvalue weighted by Crippen LogP contribution is -2.21. The third-order valence-electron chi connectivity index (χ3n) is 5.43. The Bertz CT molecular complexity index is 1160. The van der Waals surface area contributed by atoms with Gasteiger partial charge in [-0.2, -0.15) is 0 Å². The lowest BCUT2D eigenvalue weighted by molar-refractivity contribution is 0.828. The molecule has 1 fully saturated rings. The summed E-state index contributed by atoms with van der Waals surface area (Å²) in [5, 5.41) is 0. The number of fused-ring (bicyclic) bond motifs is 2. The van der Waals surface area contributed by atoms with Gasteiger partial charge in [0.1, 0.15) is 17.2 Å². The average molecular weight is 373 g/mol. The highest BCUT2D eigenvalue weighted by atomic mass is 15.3. The summed E-state index contributed by atoms with van der Waals surface area (Å²) in [6.07, 6.45) is 9.69. The zero-order chi connectivity index (χ0) is 19.1. The Balaban J connectivity index is 1.51. The van der Waals surface area contributed by atoms with Gasteiger partial charge in [0.15, 0.2) is 5.65 Å². The standard InChI is InChI=1S/C21H23N7/c1-14-19-16(6-5-9-23-19)25-18(24-14)8-7-17-21(27-11-3-4-12-27)28-13-10-22-15(2)20(28)26-17/h5-6,9-10,13H,3-4,7-8,11-12H2,1-2H3. The average Bonchev–Trinajstić information content (AvgIpc) is 3.34. The van der Waals surface area contributed by atoms with Crippen LogP contribution in [0, 0.1) is 13.8 Å². The van der Waals surface area contributed by atoms with E-state index in [1.54, 1.807) is 6.20 Å². The summed E-state index contributed by atoms with van der Waals surface area (Å²) in [4.78, 5) is 25.6. The molecule has 1 saturated heterocycles. The van der Waals surface area contributed by atoms with Crippen LogP contribution in [0.4, 0.5) is 5.82 Å². The fourth-order valence-electron chi connectivity index (χ4n) is 4.09. The van der Waals surface area contributed by atoms with Crippen LogP contribution >= 0.6 is 0 Å². The lowest BCUT2D eigenvalue weighted by Gasteiger charge is -2.18. The predicted molar refractivity (Wildman–Crippen MR) is 109 cm³/mol. The van der Waals surface area contributed by atoms with E-state index >= 15 is 0 Å². The molecule has 5 heterocycles. The number of imidazole rings is 1. The van der Waals surface area contributed by atoms with Gasteiger partial charge in [-0.15, -0.1) is 0 Å². The Morgan fingerprint density at radius 1 is 0.929 bits per heavy atom. The molecular weight excluding hydrogens is 350 g/mol. The minimum atomic E-state index is 0.753. The van der Waals surface area contributed by atoms with Gasteiger partial charge >= 0.3 is 0 Å². The molecule has 0 unspecified atom stereocenters. The highest BCUT2D eigenvalue weighted by Gasteiger charge is 2.22. The Morgan fingerprint density at radius 3 is 2.64 bits per heavy atom. The van der Waals surface area contributed by atoms with E-state index in [4.69, 9.17) is 9.97 Å². The zero-order valence-electron chi connectivity index (χ0n) is 16.3. The number of aromatic nitrogens is 6. The van der Waals surface area contributed by atoms with Gasteiger partial charge in [0, 0.05) is 44.5 Å². The molecule has 1 aliphatic heterocycles. The fraction of sp³-hybridized carbons (Fsp3) is 0.381. The van der Waals surface area contributed by atoms with Crippen molar-refractivity contribution in [1.29, 1.82) is 0 Å². The maximum absolute atomic E-state index is 4.95. The Morgan fingerprint density at radius 2 is 1.79 bits per heavy atom. The summed E-state index contributed by atoms with van der Waals surface area (Å²) < 4.78 is 2.19. The number of hydrogen-bond donors (Lipinski definition) is 0. The molecular formula is C21H23N7. The van der Waals surface area contributed by atoms with Crippen molar-refractivity contribution < 1.29 is 0 Å². The van der Waals surface area contributed by atoms with E-state index in [0.717, 1.165) is 65.5 Å². The monoisotopic (exact) mass is 373 g/mol. The van der Waals surface area contributed by atoms with Crippen LogP contribution in [0.1, 0.15) is 35.7 Å². The van der Waals surface area contributed by atoms with E-state index in [9.17, 15) is 0 Å². The number of aryl methyl sites for hydroxylation is 4. The van der Waals surface area contributed by atoms with E-state index in [1.807, 2.05) is 38.4 Å². The highest BCUT2D eigenvalue weighted by Crippen LogP contribution is 2.28. The molecule has 0 N–H and O–H groups in total. The number of hydrogen-bond acceptors (Lipinski definition) is 6. The molecule has 0 atom stereocenters. The Kier molecular flexibility index (Phi) is 4.15. The first-order chi connectivity index (χ1) is 13.7. The molecule has 0 radical (unpaired) electrons. The SMILES string of the molecule is Cc1nc(CCc2nc3c(C)nccn3c2N2CCCC2)nc2cccnc12. The van der Waals surface area contributed by atoms with Crippen LogP contribution in [0.15, 0.2) is 30.7 Å². The normalized spacial score (nSPS) is 14.4. The minimum absolute atomic E-state index is 0.753. The van der Waals surface area contributed by atoms with Crippen LogP contribution < -0.4 is 4.90 Å². The van der Waals surface area contributed by atoms with E-state index in [0.29, 0.717) is 0 Å². The largest absolute Gasteiger partial charge is 0.356 e. The van der Waals surface area contributed by atoms with Crippen molar-refractivity contribution >= 4 is 22.5 Å². The second-order valence-corrected chi connectivity index (χ2v) is 7.38. The summed E-state index contributed by atoms with van der Waals surface area (Å²) in [6.45, 7) is 6.18. The van der Waals surface area contributed by atoms with Crippen molar-refractivity contribution in [1.82, 2.24) is 29.3 Å². The molecule has 0 bridgehead atoms. The summed E-state index contributed by atoms with van der Waals surface area (Å²) >= 11 is 0. The van der Waals surface area contributed by atoms with Crippen molar-refractivity contribution in [2.24, 2.45) is 0 Å². The minimum Gasteiger partial charge on any atom is -0.356 e. The molecule has 0 spiro atoms. The smallest absolute Gasteiger partial charge is 0.160 e. The fourth-order valence-corrected chi connectivity index (χ4v) is 4.09. The first-order valence-corrected chi connectivity index (χ1v) is 9.86. The van der Waals surface area contributed by atoms with Gasteiger partial charge in [0.2, 0.25) is 0 Å². The van der Waals surface area contributed by atoms with Crippen LogP contribution in [-0.2, 0) is 12.8 Å². The lowest BCUT2D eigenvalue weighted by atomic mass is 10.2. The summed E-state index contributed by atoms with van der Waals surface area (Å²) in [6, 6.07) is 3.91. The van der Waals surface area contributed by atoms with Gasteiger partial charge in [0.25, 0.3) is 0 Å². The molecule has 0 aliphatic carbocycles. The summed E-state index contributed by atoms with van der Waals surface area (Å²) in [7, 11) is 0. The molecule has 28 heavy (non-hydrogen) atoms. The van der Waals surface area contributed by atoms with Gasteiger partial charge in [-0.1, -0.05) is 0 Å². The van der Waals surface area contributed by atoms with Crippen molar-refractivity contribution in [3.05, 3.63) is 53.6 Å². The quantitative estimate of drug-likeness (QED) is 0.547. The second-order valence-electron chi connectivity index (χ2n) is 7.38. The van der Waals surface area contributed by atoms with E-state index < -0.39 is 0 Å². The molecule has 0 saturated carbocycles. The third kappa shape index (κ3) is 2.87. The van der Waals surface area contributed by atoms with Gasteiger partial charge in [-0.25, -0.2) is 15.0 Å².